The third-order valence-electron chi connectivity index (χ3n) is 5.85. The van der Waals surface area contributed by atoms with Gasteiger partial charge in [0.2, 0.25) is 5.67 Å². The Bertz CT molecular complexity index is 825. The molecule has 4 rings (SSSR count). The molecule has 1 saturated heterocycles. The van der Waals surface area contributed by atoms with E-state index in [-0.39, 0.29) is 5.76 Å². The molecule has 2 fully saturated rings. The highest BCUT2D eigenvalue weighted by Crippen LogP contribution is 2.66. The molecule has 1 aromatic carbocycles. The summed E-state index contributed by atoms with van der Waals surface area (Å²) in [5.74, 6) is -1.19. The second-order valence-corrected chi connectivity index (χ2v) is 6.67. The van der Waals surface area contributed by atoms with Crippen molar-refractivity contribution < 1.29 is 23.5 Å². The first-order valence-corrected chi connectivity index (χ1v) is 8.00. The number of fused-ring (bicyclic) bond motifs is 6. The van der Waals surface area contributed by atoms with Crippen LogP contribution in [0.5, 0.6) is 0 Å². The zero-order valence-corrected chi connectivity index (χ0v) is 14.4. The number of rotatable bonds is 2. The zero-order chi connectivity index (χ0) is 18.1. The normalized spacial score (nSPS) is 36.1. The summed E-state index contributed by atoms with van der Waals surface area (Å²) in [6.45, 7) is 0. The van der Waals surface area contributed by atoms with E-state index in [2.05, 4.69) is 0 Å². The van der Waals surface area contributed by atoms with E-state index in [9.17, 15) is 9.59 Å². The fourth-order valence-electron chi connectivity index (χ4n) is 4.75. The van der Waals surface area contributed by atoms with Crippen LogP contribution in [0.15, 0.2) is 30.0 Å². The van der Waals surface area contributed by atoms with Gasteiger partial charge in [-0.3, -0.25) is 9.69 Å². The minimum absolute atomic E-state index is 0.252. The standard InChI is InChI=1S/C18H19FN2O4/c1-20-14-13-11-8-6-5-7-10(11)9-12(24-3)18(13,25-4)17(14,19)15(22)21(2)16(20)23/h5-9,13-14H,1-4H3. The Hall–Kier alpha value is -2.41. The van der Waals surface area contributed by atoms with E-state index in [0.29, 0.717) is 0 Å². The number of methoxy groups -OCH3 is 2. The molecule has 132 valence electrons. The van der Waals surface area contributed by atoms with Crippen LogP contribution in [0.25, 0.3) is 6.08 Å². The molecule has 4 atom stereocenters. The molecule has 0 bridgehead atoms. The minimum Gasteiger partial charge on any atom is -0.498 e. The lowest BCUT2D eigenvalue weighted by Crippen LogP contribution is -2.88. The molecule has 25 heavy (non-hydrogen) atoms. The Morgan fingerprint density at radius 3 is 2.48 bits per heavy atom. The van der Waals surface area contributed by atoms with Gasteiger partial charge in [0.15, 0.2) is 5.60 Å². The average Bonchev–Trinajstić information content (AvgIpc) is 2.63. The summed E-state index contributed by atoms with van der Waals surface area (Å²) in [5.41, 5.74) is -2.31. The first kappa shape index (κ1) is 16.1. The van der Waals surface area contributed by atoms with Crippen molar-refractivity contribution in [2.75, 3.05) is 28.3 Å². The van der Waals surface area contributed by atoms with Crippen molar-refractivity contribution in [1.29, 1.82) is 0 Å². The fraction of sp³-hybridized carbons (Fsp3) is 0.444. The maximum absolute atomic E-state index is 16.3. The van der Waals surface area contributed by atoms with Crippen LogP contribution in [0.2, 0.25) is 0 Å². The molecule has 3 amide bonds. The fourth-order valence-corrected chi connectivity index (χ4v) is 4.75. The number of amides is 3. The Morgan fingerprint density at radius 2 is 1.84 bits per heavy atom. The van der Waals surface area contributed by atoms with Gasteiger partial charge >= 0.3 is 6.03 Å². The summed E-state index contributed by atoms with van der Waals surface area (Å²) in [7, 11) is 5.59. The van der Waals surface area contributed by atoms with Gasteiger partial charge in [-0.25, -0.2) is 9.18 Å². The van der Waals surface area contributed by atoms with Gasteiger partial charge in [-0.05, 0) is 17.2 Å². The minimum atomic E-state index is -2.42. The van der Waals surface area contributed by atoms with Crippen molar-refractivity contribution in [2.45, 2.75) is 23.2 Å². The van der Waals surface area contributed by atoms with Gasteiger partial charge in [0, 0.05) is 27.1 Å². The number of urea groups is 1. The number of likely N-dealkylation sites (N-methyl/N-ethyl adjacent to an activating group) is 1. The van der Waals surface area contributed by atoms with Gasteiger partial charge in [-0.1, -0.05) is 24.3 Å². The number of alkyl halides is 1. The number of imide groups is 1. The van der Waals surface area contributed by atoms with Crippen molar-refractivity contribution >= 4 is 18.0 Å². The summed E-state index contributed by atoms with van der Waals surface area (Å²) >= 11 is 0. The Labute approximate surface area is 144 Å². The number of hydrogen-bond acceptors (Lipinski definition) is 4. The number of hydrogen-bond donors (Lipinski definition) is 0. The zero-order valence-electron chi connectivity index (χ0n) is 14.4. The van der Waals surface area contributed by atoms with Crippen LogP contribution in [-0.2, 0) is 14.3 Å². The second kappa shape index (κ2) is 4.82. The van der Waals surface area contributed by atoms with Crippen LogP contribution >= 0.6 is 0 Å². The van der Waals surface area contributed by atoms with E-state index in [1.165, 1.54) is 33.2 Å². The predicted molar refractivity (Wildman–Crippen MR) is 87.5 cm³/mol. The van der Waals surface area contributed by atoms with Crippen molar-refractivity contribution in [3.8, 4) is 0 Å². The van der Waals surface area contributed by atoms with Gasteiger partial charge in [0.25, 0.3) is 5.91 Å². The van der Waals surface area contributed by atoms with Gasteiger partial charge in [-0.2, -0.15) is 0 Å². The maximum atomic E-state index is 16.3. The van der Waals surface area contributed by atoms with Crippen LogP contribution in [0.1, 0.15) is 17.0 Å². The Kier molecular flexibility index (Phi) is 3.10. The molecule has 6 nitrogen and oxygen atoms in total. The second-order valence-electron chi connectivity index (χ2n) is 6.67. The van der Waals surface area contributed by atoms with Gasteiger partial charge < -0.3 is 14.4 Å². The Balaban J connectivity index is 2.01. The molecule has 0 spiro atoms. The molecule has 2 aliphatic carbocycles. The van der Waals surface area contributed by atoms with Gasteiger partial charge in [0.05, 0.1) is 13.2 Å². The van der Waals surface area contributed by atoms with Crippen molar-refractivity contribution in [3.63, 3.8) is 0 Å². The lowest BCUT2D eigenvalue weighted by molar-refractivity contribution is -0.251. The van der Waals surface area contributed by atoms with Crippen LogP contribution in [0.3, 0.4) is 0 Å². The van der Waals surface area contributed by atoms with E-state index in [1.807, 2.05) is 24.3 Å². The molecule has 1 aromatic rings. The summed E-state index contributed by atoms with van der Waals surface area (Å²) in [6, 6.07) is 6.00. The smallest absolute Gasteiger partial charge is 0.326 e. The average molecular weight is 346 g/mol. The highest BCUT2D eigenvalue weighted by Gasteiger charge is 2.85. The van der Waals surface area contributed by atoms with Crippen molar-refractivity contribution in [2.24, 2.45) is 0 Å². The highest BCUT2D eigenvalue weighted by molar-refractivity contribution is 6.05. The van der Waals surface area contributed by atoms with E-state index in [0.717, 1.165) is 16.0 Å². The monoisotopic (exact) mass is 346 g/mol. The maximum Gasteiger partial charge on any atom is 0.326 e. The molecule has 0 aromatic heterocycles. The first-order valence-electron chi connectivity index (χ1n) is 8.00. The number of benzene rings is 1. The largest absolute Gasteiger partial charge is 0.498 e. The van der Waals surface area contributed by atoms with E-state index < -0.39 is 35.2 Å². The molecule has 1 heterocycles. The highest BCUT2D eigenvalue weighted by atomic mass is 19.1. The molecule has 0 N–H and O–H groups in total. The Morgan fingerprint density at radius 1 is 1.16 bits per heavy atom. The van der Waals surface area contributed by atoms with Crippen LogP contribution < -0.4 is 0 Å². The number of nitrogens with zero attached hydrogens (tertiary/aromatic N) is 2. The van der Waals surface area contributed by atoms with Crippen LogP contribution in [0, 0.1) is 0 Å². The van der Waals surface area contributed by atoms with E-state index in [1.54, 1.807) is 6.08 Å². The number of halogens is 1. The summed E-state index contributed by atoms with van der Waals surface area (Å²) in [5, 5.41) is 0. The molecule has 7 heteroatoms. The molecule has 0 radical (unpaired) electrons. The van der Waals surface area contributed by atoms with Gasteiger partial charge in [0.1, 0.15) is 5.76 Å². The predicted octanol–water partition coefficient (Wildman–Crippen LogP) is 1.77. The number of carbonyl (C=O) groups excluding carboxylic acids is 2. The topological polar surface area (TPSA) is 59.1 Å². The van der Waals surface area contributed by atoms with Crippen LogP contribution in [0.4, 0.5) is 9.18 Å². The number of ether oxygens (including phenoxy) is 2. The molecule has 4 unspecified atom stereocenters. The van der Waals surface area contributed by atoms with Crippen LogP contribution in [-0.4, -0.2) is 67.4 Å². The van der Waals surface area contributed by atoms with E-state index >= 15 is 4.39 Å². The molecular formula is C18H19FN2O4. The van der Waals surface area contributed by atoms with Crippen molar-refractivity contribution in [3.05, 3.63) is 41.2 Å². The van der Waals surface area contributed by atoms with Gasteiger partial charge in [-0.15, -0.1) is 0 Å². The summed E-state index contributed by atoms with van der Waals surface area (Å²) < 4.78 is 27.4. The van der Waals surface area contributed by atoms with E-state index in [4.69, 9.17) is 9.47 Å². The third-order valence-corrected chi connectivity index (χ3v) is 5.85. The molecule has 1 saturated carbocycles. The lowest BCUT2D eigenvalue weighted by atomic mass is 9.48. The molecule has 3 aliphatic rings. The lowest BCUT2D eigenvalue weighted by Gasteiger charge is -2.67. The molecular weight excluding hydrogens is 327 g/mol. The third kappa shape index (κ3) is 1.49. The summed E-state index contributed by atoms with van der Waals surface area (Å²) in [6.07, 6.45) is 1.70. The molecule has 1 aliphatic heterocycles. The SMILES string of the molecule is COC1=Cc2ccccc2C2C3N(C)C(=O)N(C)C(=O)C3(F)C12OC. The number of carbonyl (C=O) groups is 2. The van der Waals surface area contributed by atoms with Crippen molar-refractivity contribution in [1.82, 2.24) is 9.80 Å². The first-order chi connectivity index (χ1) is 11.9. The quantitative estimate of drug-likeness (QED) is 0.819. The summed E-state index contributed by atoms with van der Waals surface area (Å²) in [4.78, 5) is 27.3.